The van der Waals surface area contributed by atoms with Gasteiger partial charge in [0.15, 0.2) is 11.6 Å². The molecule has 0 aromatic heterocycles. The summed E-state index contributed by atoms with van der Waals surface area (Å²) >= 11 is 0. The molecule has 4 rings (SSSR count). The molecular weight excluding hydrogens is 180 g/mol. The number of hydrogen-bond donors (Lipinski definition) is 0. The van der Waals surface area contributed by atoms with E-state index in [0.29, 0.717) is 6.42 Å². The highest BCUT2D eigenvalue weighted by Gasteiger charge is 2.86. The first-order valence-electron chi connectivity index (χ1n) is 4.82. The Kier molecular flexibility index (Phi) is 0.841. The van der Waals surface area contributed by atoms with E-state index < -0.39 is 10.8 Å². The van der Waals surface area contributed by atoms with Gasteiger partial charge in [0.2, 0.25) is 0 Å². The Morgan fingerprint density at radius 2 is 1.57 bits per heavy atom. The van der Waals surface area contributed by atoms with Crippen molar-refractivity contribution in [1.29, 1.82) is 0 Å². The van der Waals surface area contributed by atoms with Crippen molar-refractivity contribution in [2.75, 3.05) is 0 Å². The molecule has 2 aliphatic heterocycles. The van der Waals surface area contributed by atoms with E-state index in [-0.39, 0.29) is 23.8 Å². The summed E-state index contributed by atoms with van der Waals surface area (Å²) < 4.78 is 5.61. The van der Waals surface area contributed by atoms with Gasteiger partial charge in [-0.3, -0.25) is 9.59 Å². The molecule has 3 nitrogen and oxygen atoms in total. The van der Waals surface area contributed by atoms with E-state index in [9.17, 15) is 9.59 Å². The van der Waals surface area contributed by atoms with E-state index >= 15 is 0 Å². The van der Waals surface area contributed by atoms with Crippen molar-refractivity contribution in [3.8, 4) is 0 Å². The van der Waals surface area contributed by atoms with Crippen molar-refractivity contribution in [3.63, 3.8) is 0 Å². The van der Waals surface area contributed by atoms with Crippen molar-refractivity contribution >= 4 is 11.6 Å². The molecule has 0 unspecified atom stereocenters. The van der Waals surface area contributed by atoms with Gasteiger partial charge in [-0.2, -0.15) is 0 Å². The van der Waals surface area contributed by atoms with Gasteiger partial charge in [-0.1, -0.05) is 12.2 Å². The van der Waals surface area contributed by atoms with Crippen LogP contribution in [-0.2, 0) is 14.3 Å². The molecule has 0 aromatic carbocycles. The quantitative estimate of drug-likeness (QED) is 0.517. The molecule has 14 heavy (non-hydrogen) atoms. The zero-order chi connectivity index (χ0) is 9.55. The Balaban J connectivity index is 2.02. The maximum absolute atomic E-state index is 11.8. The molecule has 4 atom stereocenters. The molecule has 70 valence electrons. The summed E-state index contributed by atoms with van der Waals surface area (Å²) in [5, 5.41) is 0. The molecule has 0 spiro atoms. The number of ketones is 2. The molecule has 0 N–H and O–H groups in total. The number of carbonyl (C=O) groups excluding carboxylic acids is 2. The Labute approximate surface area is 80.4 Å². The molecular formula is C11H8O3. The van der Waals surface area contributed by atoms with E-state index in [1.807, 2.05) is 12.2 Å². The van der Waals surface area contributed by atoms with Gasteiger partial charge in [0, 0.05) is 0 Å². The average Bonchev–Trinajstić information content (AvgIpc) is 2.62. The van der Waals surface area contributed by atoms with Gasteiger partial charge in [0.1, 0.15) is 0 Å². The number of fused-ring (bicyclic) bond motifs is 2. The highest BCUT2D eigenvalue weighted by molar-refractivity contribution is 6.17. The summed E-state index contributed by atoms with van der Waals surface area (Å²) in [7, 11) is 0. The fraction of sp³-hybridized carbons (Fsp3) is 0.455. The minimum Gasteiger partial charge on any atom is -0.365 e. The Morgan fingerprint density at radius 3 is 2.07 bits per heavy atom. The van der Waals surface area contributed by atoms with Crippen LogP contribution in [0.15, 0.2) is 24.3 Å². The van der Waals surface area contributed by atoms with E-state index in [0.717, 1.165) is 0 Å². The van der Waals surface area contributed by atoms with E-state index in [1.54, 1.807) is 0 Å². The summed E-state index contributed by atoms with van der Waals surface area (Å²) in [5.74, 6) is 0.155. The summed E-state index contributed by atoms with van der Waals surface area (Å²) in [6.45, 7) is 0. The van der Waals surface area contributed by atoms with Crippen LogP contribution in [0.25, 0.3) is 0 Å². The predicted octanol–water partition coefficient (Wildman–Crippen LogP) is 0.408. The van der Waals surface area contributed by atoms with Crippen molar-refractivity contribution < 1.29 is 14.3 Å². The van der Waals surface area contributed by atoms with E-state index in [4.69, 9.17) is 4.74 Å². The third kappa shape index (κ3) is 0.416. The molecule has 2 fully saturated rings. The van der Waals surface area contributed by atoms with Gasteiger partial charge in [-0.15, -0.1) is 0 Å². The molecule has 4 aliphatic rings. The average molecular weight is 188 g/mol. The van der Waals surface area contributed by atoms with Gasteiger partial charge in [-0.25, -0.2) is 0 Å². The molecule has 0 radical (unpaired) electrons. The summed E-state index contributed by atoms with van der Waals surface area (Å²) in [6.07, 6.45) is 7.10. The maximum atomic E-state index is 11.8. The monoisotopic (exact) mass is 188 g/mol. The van der Waals surface area contributed by atoms with Crippen molar-refractivity contribution in [2.45, 2.75) is 18.6 Å². The number of hydrogen-bond acceptors (Lipinski definition) is 3. The molecule has 2 heterocycles. The van der Waals surface area contributed by atoms with Crippen LogP contribution in [0.2, 0.25) is 0 Å². The Bertz CT molecular complexity index is 409. The number of ether oxygens (including phenoxy) is 1. The second kappa shape index (κ2) is 1.65. The third-order valence-corrected chi connectivity index (χ3v) is 4.22. The zero-order valence-electron chi connectivity index (χ0n) is 7.40. The van der Waals surface area contributed by atoms with Crippen LogP contribution in [0.5, 0.6) is 0 Å². The fourth-order valence-electron chi connectivity index (χ4n) is 3.46. The summed E-state index contributed by atoms with van der Waals surface area (Å²) in [5.41, 5.74) is -1.00. The second-order valence-corrected chi connectivity index (χ2v) is 4.54. The van der Waals surface area contributed by atoms with Gasteiger partial charge in [-0.05, 0) is 18.6 Å². The third-order valence-electron chi connectivity index (χ3n) is 4.22. The molecule has 0 aromatic rings. The van der Waals surface area contributed by atoms with Gasteiger partial charge in [0.05, 0.1) is 23.0 Å². The number of allylic oxidation sites excluding steroid dienone is 2. The first-order chi connectivity index (χ1) is 6.72. The molecule has 2 aliphatic carbocycles. The lowest BCUT2D eigenvalue weighted by Gasteiger charge is -2.22. The van der Waals surface area contributed by atoms with Crippen LogP contribution in [0.4, 0.5) is 0 Å². The predicted molar refractivity (Wildman–Crippen MR) is 46.4 cm³/mol. The van der Waals surface area contributed by atoms with Crippen molar-refractivity contribution in [3.05, 3.63) is 24.3 Å². The van der Waals surface area contributed by atoms with Crippen LogP contribution < -0.4 is 0 Å². The highest BCUT2D eigenvalue weighted by Crippen LogP contribution is 2.77. The number of carbonyl (C=O) groups is 2. The van der Waals surface area contributed by atoms with Crippen LogP contribution >= 0.6 is 0 Å². The van der Waals surface area contributed by atoms with Crippen molar-refractivity contribution in [1.82, 2.24) is 0 Å². The minimum atomic E-state index is -0.502. The van der Waals surface area contributed by atoms with Crippen LogP contribution in [0.3, 0.4) is 0 Å². The topological polar surface area (TPSA) is 43.4 Å². The zero-order valence-corrected chi connectivity index (χ0v) is 7.40. The standard InChI is InChI=1S/C11H8O3/c12-6-1-2-7(13)11-5-10(6,11)8-3-4-9(11)14-8/h1-4,8-9H,5H2/t8-,9+,10-,11+. The lowest BCUT2D eigenvalue weighted by molar-refractivity contribution is -0.128. The number of rotatable bonds is 0. The molecule has 3 heteroatoms. The minimum absolute atomic E-state index is 0.0777. The van der Waals surface area contributed by atoms with Crippen LogP contribution in [0, 0.1) is 10.8 Å². The summed E-state index contributed by atoms with van der Waals surface area (Å²) in [4.78, 5) is 23.6. The fourth-order valence-corrected chi connectivity index (χ4v) is 3.46. The van der Waals surface area contributed by atoms with E-state index in [1.165, 1.54) is 12.2 Å². The highest BCUT2D eigenvalue weighted by atomic mass is 16.5. The maximum Gasteiger partial charge on any atom is 0.166 e. The Morgan fingerprint density at radius 1 is 1.07 bits per heavy atom. The van der Waals surface area contributed by atoms with E-state index in [2.05, 4.69) is 0 Å². The SMILES string of the molecule is O=C1C=CC(=O)[C@@]23C[C@@]12[C@@H]1C=C[C@H]3O1. The smallest absolute Gasteiger partial charge is 0.166 e. The van der Waals surface area contributed by atoms with Gasteiger partial charge in [0.25, 0.3) is 0 Å². The molecule has 1 saturated heterocycles. The Hall–Kier alpha value is -1.22. The summed E-state index contributed by atoms with van der Waals surface area (Å²) in [6, 6.07) is 0. The van der Waals surface area contributed by atoms with Crippen LogP contribution in [0.1, 0.15) is 6.42 Å². The van der Waals surface area contributed by atoms with Crippen molar-refractivity contribution in [2.24, 2.45) is 10.8 Å². The second-order valence-electron chi connectivity index (χ2n) is 4.54. The first kappa shape index (κ1) is 7.12. The normalized spacial score (nSPS) is 56.3. The lowest BCUT2D eigenvalue weighted by Crippen LogP contribution is -2.37. The molecule has 1 saturated carbocycles. The molecule has 2 bridgehead atoms. The largest absolute Gasteiger partial charge is 0.365 e. The van der Waals surface area contributed by atoms with Gasteiger partial charge >= 0.3 is 0 Å². The van der Waals surface area contributed by atoms with Crippen LogP contribution in [-0.4, -0.2) is 23.8 Å². The molecule has 0 amide bonds. The lowest BCUT2D eigenvalue weighted by atomic mass is 9.75. The first-order valence-corrected chi connectivity index (χ1v) is 4.82. The van der Waals surface area contributed by atoms with Gasteiger partial charge < -0.3 is 4.74 Å².